The van der Waals surface area contributed by atoms with Gasteiger partial charge in [-0.1, -0.05) is 11.6 Å². The predicted molar refractivity (Wildman–Crippen MR) is 76.3 cm³/mol. The molecule has 1 aromatic rings. The summed E-state index contributed by atoms with van der Waals surface area (Å²) < 4.78 is 0. The van der Waals surface area contributed by atoms with Crippen LogP contribution in [0.4, 0.5) is 10.5 Å². The lowest BCUT2D eigenvalue weighted by Gasteiger charge is -2.26. The number of rotatable bonds is 2. The Morgan fingerprint density at radius 2 is 2.00 bits per heavy atom. The molecule has 0 saturated carbocycles. The molecule has 2 amide bonds. The van der Waals surface area contributed by atoms with Crippen molar-refractivity contribution in [3.63, 3.8) is 0 Å². The Kier molecular flexibility index (Phi) is 4.55. The second-order valence-electron chi connectivity index (χ2n) is 4.03. The molecule has 19 heavy (non-hydrogen) atoms. The highest BCUT2D eigenvalue weighted by atomic mass is 35.5. The number of carboxylic acids is 1. The van der Waals surface area contributed by atoms with Crippen molar-refractivity contribution in [2.75, 3.05) is 29.9 Å². The van der Waals surface area contributed by atoms with Gasteiger partial charge in [0, 0.05) is 30.3 Å². The molecular weight excluding hydrogens is 288 g/mol. The largest absolute Gasteiger partial charge is 0.478 e. The average Bonchev–Trinajstić information content (AvgIpc) is 2.39. The minimum absolute atomic E-state index is 0.0223. The average molecular weight is 301 g/mol. The molecule has 1 aromatic carbocycles. The molecule has 7 heteroatoms. The smallest absolute Gasteiger partial charge is 0.337 e. The Morgan fingerprint density at radius 1 is 1.32 bits per heavy atom. The van der Waals surface area contributed by atoms with E-state index in [0.29, 0.717) is 5.69 Å². The summed E-state index contributed by atoms with van der Waals surface area (Å²) in [6, 6.07) is 4.18. The molecule has 1 saturated heterocycles. The van der Waals surface area contributed by atoms with Gasteiger partial charge >= 0.3 is 12.0 Å². The minimum atomic E-state index is -1.09. The number of nitrogens with zero attached hydrogens (tertiary/aromatic N) is 1. The van der Waals surface area contributed by atoms with Crippen molar-refractivity contribution in [2.24, 2.45) is 0 Å². The Bertz CT molecular complexity index is 504. The normalized spacial score (nSPS) is 15.1. The van der Waals surface area contributed by atoms with Crippen LogP contribution in [0.3, 0.4) is 0 Å². The summed E-state index contributed by atoms with van der Waals surface area (Å²) in [5.74, 6) is 0.786. The van der Waals surface area contributed by atoms with Crippen molar-refractivity contribution in [1.29, 1.82) is 0 Å². The molecule has 2 N–H and O–H groups in total. The number of amides is 2. The highest BCUT2D eigenvalue weighted by molar-refractivity contribution is 7.99. The van der Waals surface area contributed by atoms with Crippen LogP contribution < -0.4 is 5.32 Å². The van der Waals surface area contributed by atoms with Crippen LogP contribution in [0.15, 0.2) is 18.2 Å². The van der Waals surface area contributed by atoms with Crippen LogP contribution in [0.25, 0.3) is 0 Å². The van der Waals surface area contributed by atoms with E-state index in [4.69, 9.17) is 16.7 Å². The maximum atomic E-state index is 11.9. The van der Waals surface area contributed by atoms with Gasteiger partial charge in [-0.2, -0.15) is 11.8 Å². The van der Waals surface area contributed by atoms with E-state index >= 15 is 0 Å². The number of halogens is 1. The monoisotopic (exact) mass is 300 g/mol. The van der Waals surface area contributed by atoms with Crippen molar-refractivity contribution < 1.29 is 14.7 Å². The highest BCUT2D eigenvalue weighted by Gasteiger charge is 2.17. The zero-order valence-corrected chi connectivity index (χ0v) is 11.6. The molecule has 2 rings (SSSR count). The van der Waals surface area contributed by atoms with Gasteiger partial charge in [0.25, 0.3) is 0 Å². The number of hydrogen-bond acceptors (Lipinski definition) is 3. The molecule has 1 aliphatic rings. The van der Waals surface area contributed by atoms with E-state index < -0.39 is 5.97 Å². The zero-order chi connectivity index (χ0) is 13.8. The summed E-state index contributed by atoms with van der Waals surface area (Å²) in [6.07, 6.45) is 0. The van der Waals surface area contributed by atoms with Gasteiger partial charge in [0.2, 0.25) is 0 Å². The van der Waals surface area contributed by atoms with E-state index in [-0.39, 0.29) is 16.6 Å². The summed E-state index contributed by atoms with van der Waals surface area (Å²) >= 11 is 7.67. The highest BCUT2D eigenvalue weighted by Crippen LogP contribution is 2.21. The van der Waals surface area contributed by atoms with Crippen LogP contribution in [0.5, 0.6) is 0 Å². The van der Waals surface area contributed by atoms with Crippen LogP contribution in [-0.2, 0) is 0 Å². The number of thioether (sulfide) groups is 1. The maximum Gasteiger partial charge on any atom is 0.337 e. The van der Waals surface area contributed by atoms with Crippen LogP contribution in [-0.4, -0.2) is 46.6 Å². The number of carbonyl (C=O) groups is 2. The Morgan fingerprint density at radius 3 is 2.58 bits per heavy atom. The Balaban J connectivity index is 2.04. The quantitative estimate of drug-likeness (QED) is 0.881. The molecule has 0 aliphatic carbocycles. The number of nitrogens with one attached hydrogen (secondary N) is 1. The minimum Gasteiger partial charge on any atom is -0.478 e. The molecule has 1 heterocycles. The van der Waals surface area contributed by atoms with E-state index in [9.17, 15) is 9.59 Å². The first-order valence-electron chi connectivity index (χ1n) is 5.74. The van der Waals surface area contributed by atoms with E-state index in [1.54, 1.807) is 4.90 Å². The van der Waals surface area contributed by atoms with Gasteiger partial charge in [-0.3, -0.25) is 0 Å². The first-order valence-corrected chi connectivity index (χ1v) is 7.27. The van der Waals surface area contributed by atoms with Crippen LogP contribution in [0.2, 0.25) is 5.02 Å². The van der Waals surface area contributed by atoms with Crippen molar-refractivity contribution >= 4 is 41.1 Å². The molecule has 0 radical (unpaired) electrons. The van der Waals surface area contributed by atoms with Crippen molar-refractivity contribution in [2.45, 2.75) is 0 Å². The lowest BCUT2D eigenvalue weighted by Crippen LogP contribution is -2.40. The summed E-state index contributed by atoms with van der Waals surface area (Å²) in [6.45, 7) is 1.44. The van der Waals surface area contributed by atoms with Crippen molar-refractivity contribution in [1.82, 2.24) is 4.90 Å². The summed E-state index contributed by atoms with van der Waals surface area (Å²) in [5, 5.41) is 11.7. The topological polar surface area (TPSA) is 69.6 Å². The van der Waals surface area contributed by atoms with Crippen LogP contribution >= 0.6 is 23.4 Å². The van der Waals surface area contributed by atoms with E-state index in [1.165, 1.54) is 18.2 Å². The van der Waals surface area contributed by atoms with Crippen LogP contribution in [0, 0.1) is 0 Å². The summed E-state index contributed by atoms with van der Waals surface area (Å²) in [7, 11) is 0. The second kappa shape index (κ2) is 6.16. The molecule has 0 atom stereocenters. The lowest BCUT2D eigenvalue weighted by atomic mass is 10.2. The fraction of sp³-hybridized carbons (Fsp3) is 0.333. The van der Waals surface area contributed by atoms with Gasteiger partial charge in [0.05, 0.1) is 10.6 Å². The molecule has 1 fully saturated rings. The summed E-state index contributed by atoms with van der Waals surface area (Å²) in [4.78, 5) is 24.5. The number of anilines is 1. The molecular formula is C12H13ClN2O3S. The second-order valence-corrected chi connectivity index (χ2v) is 5.66. The number of hydrogen-bond donors (Lipinski definition) is 2. The lowest BCUT2D eigenvalue weighted by molar-refractivity contribution is 0.0697. The maximum absolute atomic E-state index is 11.9. The molecule has 1 aliphatic heterocycles. The third-order valence-corrected chi connectivity index (χ3v) is 4.00. The van der Waals surface area contributed by atoms with Crippen molar-refractivity contribution in [3.05, 3.63) is 28.8 Å². The molecule has 102 valence electrons. The van der Waals surface area contributed by atoms with Gasteiger partial charge < -0.3 is 15.3 Å². The SMILES string of the molecule is O=C(O)c1ccc(NC(=O)N2CCSCC2)cc1Cl. The van der Waals surface area contributed by atoms with E-state index in [2.05, 4.69) is 5.32 Å². The molecule has 0 unspecified atom stereocenters. The third kappa shape index (κ3) is 3.54. The zero-order valence-electron chi connectivity index (χ0n) is 10.1. The van der Waals surface area contributed by atoms with E-state index in [1.807, 2.05) is 11.8 Å². The first-order chi connectivity index (χ1) is 9.08. The summed E-state index contributed by atoms with van der Waals surface area (Å²) in [5.41, 5.74) is 0.521. The molecule has 5 nitrogen and oxygen atoms in total. The number of urea groups is 1. The molecule has 0 aromatic heterocycles. The number of benzene rings is 1. The van der Waals surface area contributed by atoms with E-state index in [0.717, 1.165) is 24.6 Å². The third-order valence-electron chi connectivity index (χ3n) is 2.75. The van der Waals surface area contributed by atoms with Gasteiger partial charge in [0.15, 0.2) is 0 Å². The fourth-order valence-corrected chi connectivity index (χ4v) is 2.90. The number of aromatic carboxylic acids is 1. The van der Waals surface area contributed by atoms with Crippen LogP contribution in [0.1, 0.15) is 10.4 Å². The Labute approximate surface area is 119 Å². The number of carbonyl (C=O) groups excluding carboxylic acids is 1. The Hall–Kier alpha value is -1.40. The first kappa shape index (κ1) is 14.0. The fourth-order valence-electron chi connectivity index (χ4n) is 1.74. The number of carboxylic acid groups (broad SMARTS) is 1. The molecule has 0 bridgehead atoms. The van der Waals surface area contributed by atoms with Crippen molar-refractivity contribution in [3.8, 4) is 0 Å². The van der Waals surface area contributed by atoms with Gasteiger partial charge in [-0.15, -0.1) is 0 Å². The molecule has 0 spiro atoms. The predicted octanol–water partition coefficient (Wildman–Crippen LogP) is 2.62. The van der Waals surface area contributed by atoms with Gasteiger partial charge in [-0.05, 0) is 18.2 Å². The standard InChI is InChI=1S/C12H13ClN2O3S/c13-10-7-8(1-2-9(10)11(16)17)14-12(18)15-3-5-19-6-4-15/h1-2,7H,3-6H2,(H,14,18)(H,16,17). The van der Waals surface area contributed by atoms with Gasteiger partial charge in [0.1, 0.15) is 0 Å². The van der Waals surface area contributed by atoms with Gasteiger partial charge in [-0.25, -0.2) is 9.59 Å².